The molecule has 0 spiro atoms. The third-order valence-corrected chi connectivity index (χ3v) is 5.89. The van der Waals surface area contributed by atoms with Crippen LogP contribution in [0, 0.1) is 0 Å². The Morgan fingerprint density at radius 3 is 2.30 bits per heavy atom. The highest BCUT2D eigenvalue weighted by Crippen LogP contribution is 2.60. The van der Waals surface area contributed by atoms with E-state index in [-0.39, 0.29) is 0 Å². The van der Waals surface area contributed by atoms with Crippen molar-refractivity contribution in [1.82, 2.24) is 4.98 Å². The molecule has 2 rings (SSSR count). The second-order valence-electron chi connectivity index (χ2n) is 4.69. The van der Waals surface area contributed by atoms with Gasteiger partial charge in [0.05, 0.1) is 13.2 Å². The lowest BCUT2D eigenvalue weighted by Crippen LogP contribution is -2.16. The maximum Gasteiger partial charge on any atom is 0.357 e. The molecule has 1 heterocycles. The van der Waals surface area contributed by atoms with Crippen molar-refractivity contribution >= 4 is 29.3 Å². The number of aromatic nitrogens is 1. The maximum absolute atomic E-state index is 13.3. The van der Waals surface area contributed by atoms with E-state index in [1.165, 1.54) is 0 Å². The molecule has 0 radical (unpaired) electrons. The highest BCUT2D eigenvalue weighted by atomic mass is 79.9. The fourth-order valence-corrected chi connectivity index (χ4v) is 4.31. The van der Waals surface area contributed by atoms with Crippen LogP contribution >= 0.6 is 23.5 Å². The van der Waals surface area contributed by atoms with Crippen LogP contribution in [0.4, 0.5) is 5.82 Å². The highest BCUT2D eigenvalue weighted by Gasteiger charge is 2.37. The zero-order valence-corrected chi connectivity index (χ0v) is 15.6. The third-order valence-electron chi connectivity index (χ3n) is 3.07. The summed E-state index contributed by atoms with van der Waals surface area (Å²) in [5.74, 6) is -0.0227. The van der Waals surface area contributed by atoms with E-state index in [0.29, 0.717) is 19.0 Å². The molecule has 0 bridgehead atoms. The van der Waals surface area contributed by atoms with E-state index in [1.54, 1.807) is 20.0 Å². The van der Waals surface area contributed by atoms with Crippen molar-refractivity contribution in [1.29, 1.82) is 0 Å². The number of anilines is 1. The van der Waals surface area contributed by atoms with E-state index in [2.05, 4.69) is 26.2 Å². The van der Waals surface area contributed by atoms with Crippen molar-refractivity contribution in [3.8, 4) is 0 Å². The third kappa shape index (κ3) is 4.88. The molecule has 0 fully saturated rings. The normalized spacial score (nSPS) is 12.8. The largest absolute Gasteiger partial charge is 0.357 e. The van der Waals surface area contributed by atoms with E-state index in [1.807, 2.05) is 42.5 Å². The molecule has 124 valence electrons. The minimum absolute atomic E-state index is 0.300. The molecule has 0 aliphatic rings. The summed E-state index contributed by atoms with van der Waals surface area (Å²) >= 11 is 3.41. The van der Waals surface area contributed by atoms with Crippen LogP contribution in [0.3, 0.4) is 0 Å². The topological polar surface area (TPSA) is 60.5 Å². The molecular weight excluding hydrogens is 379 g/mol. The van der Waals surface area contributed by atoms with Crippen LogP contribution in [0.1, 0.15) is 25.2 Å². The van der Waals surface area contributed by atoms with Gasteiger partial charge in [0.1, 0.15) is 5.82 Å². The van der Waals surface area contributed by atoms with E-state index in [4.69, 9.17) is 9.05 Å². The molecular formula is C16H20BrN2O3P. The molecule has 1 atom stereocenters. The van der Waals surface area contributed by atoms with E-state index in [9.17, 15) is 4.57 Å². The van der Waals surface area contributed by atoms with Crippen LogP contribution in [0.2, 0.25) is 0 Å². The summed E-state index contributed by atoms with van der Waals surface area (Å²) in [6, 6.07) is 13.1. The molecule has 23 heavy (non-hydrogen) atoms. The minimum Gasteiger partial charge on any atom is -0.353 e. The second-order valence-corrected chi connectivity index (χ2v) is 7.72. The first-order valence-corrected chi connectivity index (χ1v) is 9.81. The summed E-state index contributed by atoms with van der Waals surface area (Å²) in [7, 11) is -3.40. The SMILES string of the molecule is CCOP(=O)(OCC)C(Nc1ccccn1)c1ccc(Br)cc1. The molecule has 7 heteroatoms. The van der Waals surface area contributed by atoms with E-state index >= 15 is 0 Å². The Balaban J connectivity index is 2.40. The quantitative estimate of drug-likeness (QED) is 0.617. The van der Waals surface area contributed by atoms with Gasteiger partial charge in [0, 0.05) is 10.7 Å². The molecule has 0 saturated heterocycles. The van der Waals surface area contributed by atoms with Gasteiger partial charge in [-0.3, -0.25) is 4.57 Å². The maximum atomic E-state index is 13.3. The minimum atomic E-state index is -3.40. The smallest absolute Gasteiger partial charge is 0.353 e. The summed E-state index contributed by atoms with van der Waals surface area (Å²) < 4.78 is 25.2. The highest BCUT2D eigenvalue weighted by molar-refractivity contribution is 9.10. The molecule has 0 aliphatic carbocycles. The fraction of sp³-hybridized carbons (Fsp3) is 0.312. The van der Waals surface area contributed by atoms with Gasteiger partial charge in [-0.05, 0) is 43.7 Å². The van der Waals surface area contributed by atoms with Gasteiger partial charge in [-0.2, -0.15) is 0 Å². The molecule has 2 aromatic rings. The number of pyridine rings is 1. The Bertz CT molecular complexity index is 642. The van der Waals surface area contributed by atoms with Crippen molar-refractivity contribution in [3.63, 3.8) is 0 Å². The lowest BCUT2D eigenvalue weighted by Gasteiger charge is -2.27. The lowest BCUT2D eigenvalue weighted by molar-refractivity contribution is 0.214. The van der Waals surface area contributed by atoms with E-state index in [0.717, 1.165) is 10.0 Å². The lowest BCUT2D eigenvalue weighted by atomic mass is 10.2. The summed E-state index contributed by atoms with van der Waals surface area (Å²) in [6.07, 6.45) is 1.67. The first-order chi connectivity index (χ1) is 11.1. The molecule has 1 aromatic carbocycles. The zero-order chi connectivity index (χ0) is 16.7. The number of benzene rings is 1. The number of hydrogen-bond donors (Lipinski definition) is 1. The van der Waals surface area contributed by atoms with Crippen molar-refractivity contribution in [2.24, 2.45) is 0 Å². The number of nitrogens with zero attached hydrogens (tertiary/aromatic N) is 1. The number of rotatable bonds is 8. The van der Waals surface area contributed by atoms with Crippen molar-refractivity contribution in [2.75, 3.05) is 18.5 Å². The summed E-state index contributed by atoms with van der Waals surface area (Å²) in [5.41, 5.74) is 0.809. The Hall–Kier alpha value is -1.20. The van der Waals surface area contributed by atoms with Crippen molar-refractivity contribution in [2.45, 2.75) is 19.6 Å². The van der Waals surface area contributed by atoms with E-state index < -0.39 is 13.4 Å². The zero-order valence-electron chi connectivity index (χ0n) is 13.1. The number of halogens is 1. The van der Waals surface area contributed by atoms with Crippen molar-refractivity contribution in [3.05, 3.63) is 58.7 Å². The molecule has 0 amide bonds. The van der Waals surface area contributed by atoms with Crippen LogP contribution in [-0.2, 0) is 13.6 Å². The van der Waals surface area contributed by atoms with Gasteiger partial charge >= 0.3 is 7.60 Å². The molecule has 1 N–H and O–H groups in total. The average Bonchev–Trinajstić information content (AvgIpc) is 2.55. The second kappa shape index (κ2) is 8.60. The number of nitrogens with one attached hydrogen (secondary N) is 1. The Morgan fingerprint density at radius 1 is 1.13 bits per heavy atom. The fourth-order valence-electron chi connectivity index (χ4n) is 2.12. The van der Waals surface area contributed by atoms with Gasteiger partial charge < -0.3 is 14.4 Å². The Labute approximate surface area is 145 Å². The predicted molar refractivity (Wildman–Crippen MR) is 95.6 cm³/mol. The van der Waals surface area contributed by atoms with Gasteiger partial charge in [-0.15, -0.1) is 0 Å². The average molecular weight is 399 g/mol. The molecule has 1 aromatic heterocycles. The van der Waals surface area contributed by atoms with Gasteiger partial charge in [0.2, 0.25) is 0 Å². The molecule has 0 saturated carbocycles. The van der Waals surface area contributed by atoms with Gasteiger partial charge in [0.15, 0.2) is 5.78 Å². The summed E-state index contributed by atoms with van der Waals surface area (Å²) in [5, 5.41) is 3.19. The first-order valence-electron chi connectivity index (χ1n) is 7.41. The van der Waals surface area contributed by atoms with Gasteiger partial charge in [0.25, 0.3) is 0 Å². The number of hydrogen-bond acceptors (Lipinski definition) is 5. The standard InChI is InChI=1S/C16H20BrN2O3P/c1-3-21-23(20,22-4-2)16(13-8-10-14(17)11-9-13)19-15-7-5-6-12-18-15/h5-12,16H,3-4H2,1-2H3,(H,18,19). The molecule has 5 nitrogen and oxygen atoms in total. The Kier molecular flexibility index (Phi) is 6.78. The predicted octanol–water partition coefficient (Wildman–Crippen LogP) is 5.22. The van der Waals surface area contributed by atoms with Crippen LogP contribution in [0.5, 0.6) is 0 Å². The Morgan fingerprint density at radius 2 is 1.78 bits per heavy atom. The molecule has 1 unspecified atom stereocenters. The van der Waals surface area contributed by atoms with Crippen LogP contribution in [0.25, 0.3) is 0 Å². The monoisotopic (exact) mass is 398 g/mol. The summed E-state index contributed by atoms with van der Waals surface area (Å²) in [4.78, 5) is 4.24. The first kappa shape index (κ1) is 18.1. The van der Waals surface area contributed by atoms with Crippen LogP contribution in [0.15, 0.2) is 53.1 Å². The molecule has 0 aliphatic heterocycles. The van der Waals surface area contributed by atoms with Crippen molar-refractivity contribution < 1.29 is 13.6 Å². The summed E-state index contributed by atoms with van der Waals surface area (Å²) in [6.45, 7) is 4.19. The van der Waals surface area contributed by atoms with Crippen LogP contribution < -0.4 is 5.32 Å². The van der Waals surface area contributed by atoms with Crippen LogP contribution in [-0.4, -0.2) is 18.2 Å². The van der Waals surface area contributed by atoms with Gasteiger partial charge in [-0.25, -0.2) is 4.98 Å². The van der Waals surface area contributed by atoms with Gasteiger partial charge in [-0.1, -0.05) is 34.1 Å².